The zero-order valence-corrected chi connectivity index (χ0v) is 6.20. The molecule has 4 nitrogen and oxygen atoms in total. The van der Waals surface area contributed by atoms with E-state index < -0.39 is 0 Å². The third kappa shape index (κ3) is 2.06. The van der Waals surface area contributed by atoms with Crippen molar-refractivity contribution in [2.24, 2.45) is 0 Å². The van der Waals surface area contributed by atoms with Crippen LogP contribution in [-0.2, 0) is 17.8 Å². The Bertz CT molecular complexity index is 262. The van der Waals surface area contributed by atoms with Crippen LogP contribution in [0.4, 0.5) is 0 Å². The molecule has 0 fully saturated rings. The van der Waals surface area contributed by atoms with Gasteiger partial charge < -0.3 is 9.26 Å². The smallest absolute Gasteiger partial charge is 0.162 e. The maximum Gasteiger partial charge on any atom is 0.162 e. The minimum atomic E-state index is 0.285. The number of nitrogens with zero attached hydrogens (tertiary/aromatic N) is 2. The molecule has 1 heterocycles. The van der Waals surface area contributed by atoms with Crippen LogP contribution in [0.25, 0.3) is 0 Å². The maximum absolute atomic E-state index is 8.30. The van der Waals surface area contributed by atoms with E-state index in [4.69, 9.17) is 14.5 Å². The highest BCUT2D eigenvalue weighted by atomic mass is 16.5. The fourth-order valence-corrected chi connectivity index (χ4v) is 0.730. The average Bonchev–Trinajstić information content (AvgIpc) is 2.38. The molecule has 1 rings (SSSR count). The Labute approximate surface area is 64.4 Å². The van der Waals surface area contributed by atoms with Gasteiger partial charge in [-0.15, -0.1) is 0 Å². The van der Waals surface area contributed by atoms with E-state index in [1.807, 2.05) is 6.07 Å². The van der Waals surface area contributed by atoms with E-state index in [1.54, 1.807) is 13.2 Å². The summed E-state index contributed by atoms with van der Waals surface area (Å²) < 4.78 is 9.63. The van der Waals surface area contributed by atoms with Gasteiger partial charge in [-0.1, -0.05) is 5.16 Å². The second-order valence-corrected chi connectivity index (χ2v) is 2.05. The monoisotopic (exact) mass is 152 g/mol. The van der Waals surface area contributed by atoms with Crippen LogP contribution in [0.1, 0.15) is 11.5 Å². The van der Waals surface area contributed by atoms with E-state index >= 15 is 0 Å². The third-order valence-electron chi connectivity index (χ3n) is 1.15. The molecule has 0 saturated carbocycles. The van der Waals surface area contributed by atoms with Gasteiger partial charge in [0.1, 0.15) is 6.61 Å². The summed E-state index contributed by atoms with van der Waals surface area (Å²) in [5, 5.41) is 11.9. The van der Waals surface area contributed by atoms with E-state index in [-0.39, 0.29) is 6.42 Å². The second-order valence-electron chi connectivity index (χ2n) is 2.05. The third-order valence-corrected chi connectivity index (χ3v) is 1.15. The Morgan fingerprint density at radius 1 is 1.82 bits per heavy atom. The summed E-state index contributed by atoms with van der Waals surface area (Å²) in [7, 11) is 1.58. The number of ether oxygens (including phenoxy) is 1. The molecule has 1 aromatic heterocycles. The first-order valence-corrected chi connectivity index (χ1v) is 3.17. The van der Waals surface area contributed by atoms with Crippen molar-refractivity contribution in [2.75, 3.05) is 7.11 Å². The van der Waals surface area contributed by atoms with E-state index in [1.165, 1.54) is 0 Å². The SMILES string of the molecule is COCc1cc(CC#N)no1. The van der Waals surface area contributed by atoms with Crippen molar-refractivity contribution in [3.05, 3.63) is 17.5 Å². The lowest BCUT2D eigenvalue weighted by atomic mass is 10.3. The summed E-state index contributed by atoms with van der Waals surface area (Å²) >= 11 is 0. The number of nitriles is 1. The van der Waals surface area contributed by atoms with Gasteiger partial charge in [0.25, 0.3) is 0 Å². The highest BCUT2D eigenvalue weighted by Gasteiger charge is 2.01. The Morgan fingerprint density at radius 2 is 2.64 bits per heavy atom. The molecule has 11 heavy (non-hydrogen) atoms. The molecule has 0 bridgehead atoms. The summed E-state index contributed by atoms with van der Waals surface area (Å²) in [6.07, 6.45) is 0.285. The van der Waals surface area contributed by atoms with Crippen molar-refractivity contribution in [1.82, 2.24) is 5.16 Å². The Kier molecular flexibility index (Phi) is 2.64. The quantitative estimate of drug-likeness (QED) is 0.645. The number of hydrogen-bond donors (Lipinski definition) is 0. The van der Waals surface area contributed by atoms with Gasteiger partial charge in [-0.2, -0.15) is 5.26 Å². The normalized spacial score (nSPS) is 9.45. The van der Waals surface area contributed by atoms with Crippen molar-refractivity contribution in [3.8, 4) is 6.07 Å². The van der Waals surface area contributed by atoms with Gasteiger partial charge in [-0.05, 0) is 0 Å². The minimum absolute atomic E-state index is 0.285. The summed E-state index contributed by atoms with van der Waals surface area (Å²) in [5.41, 5.74) is 0.652. The number of rotatable bonds is 3. The molecule has 0 unspecified atom stereocenters. The maximum atomic E-state index is 8.30. The molecule has 0 atom stereocenters. The van der Waals surface area contributed by atoms with Crippen LogP contribution in [0.2, 0.25) is 0 Å². The van der Waals surface area contributed by atoms with E-state index in [2.05, 4.69) is 5.16 Å². The van der Waals surface area contributed by atoms with Crippen molar-refractivity contribution in [3.63, 3.8) is 0 Å². The molecular weight excluding hydrogens is 144 g/mol. The predicted octanol–water partition coefficient (Wildman–Crippen LogP) is 0.887. The van der Waals surface area contributed by atoms with E-state index in [9.17, 15) is 0 Å². The lowest BCUT2D eigenvalue weighted by molar-refractivity contribution is 0.156. The molecule has 0 saturated heterocycles. The van der Waals surface area contributed by atoms with Crippen molar-refractivity contribution < 1.29 is 9.26 Å². The van der Waals surface area contributed by atoms with Crippen LogP contribution in [0, 0.1) is 11.3 Å². The first-order valence-electron chi connectivity index (χ1n) is 3.17. The summed E-state index contributed by atoms with van der Waals surface area (Å²) in [6, 6.07) is 3.69. The number of aromatic nitrogens is 1. The molecule has 0 spiro atoms. The van der Waals surface area contributed by atoms with Gasteiger partial charge in [0.15, 0.2) is 5.76 Å². The molecule has 4 heteroatoms. The van der Waals surface area contributed by atoms with Crippen LogP contribution >= 0.6 is 0 Å². The highest BCUT2D eigenvalue weighted by molar-refractivity contribution is 5.08. The molecule has 58 valence electrons. The zero-order chi connectivity index (χ0) is 8.10. The Morgan fingerprint density at radius 3 is 3.27 bits per heavy atom. The van der Waals surface area contributed by atoms with Gasteiger partial charge in [-0.3, -0.25) is 0 Å². The lowest BCUT2D eigenvalue weighted by Crippen LogP contribution is -1.82. The summed E-state index contributed by atoms with van der Waals surface area (Å²) in [5.74, 6) is 0.651. The van der Waals surface area contributed by atoms with Crippen LogP contribution in [-0.4, -0.2) is 12.3 Å². The molecular formula is C7H8N2O2. The largest absolute Gasteiger partial charge is 0.377 e. The summed E-state index contributed by atoms with van der Waals surface area (Å²) in [4.78, 5) is 0. The molecule has 0 aromatic carbocycles. The van der Waals surface area contributed by atoms with Gasteiger partial charge in [0.2, 0.25) is 0 Å². The molecule has 0 aliphatic heterocycles. The first kappa shape index (κ1) is 7.76. The van der Waals surface area contributed by atoms with Crippen LogP contribution in [0.15, 0.2) is 10.6 Å². The standard InChI is InChI=1S/C7H8N2O2/c1-10-5-7-4-6(2-3-8)9-11-7/h4H,2,5H2,1H3. The Balaban J connectivity index is 2.60. The second kappa shape index (κ2) is 3.74. The highest BCUT2D eigenvalue weighted by Crippen LogP contribution is 2.04. The van der Waals surface area contributed by atoms with Crippen molar-refractivity contribution in [2.45, 2.75) is 13.0 Å². The van der Waals surface area contributed by atoms with Gasteiger partial charge >= 0.3 is 0 Å². The predicted molar refractivity (Wildman–Crippen MR) is 36.5 cm³/mol. The molecule has 0 radical (unpaired) electrons. The minimum Gasteiger partial charge on any atom is -0.377 e. The Hall–Kier alpha value is -1.34. The van der Waals surface area contributed by atoms with Gasteiger partial charge in [0, 0.05) is 13.2 Å². The van der Waals surface area contributed by atoms with Gasteiger partial charge in [0.05, 0.1) is 18.2 Å². The van der Waals surface area contributed by atoms with E-state index in [0.717, 1.165) is 0 Å². The van der Waals surface area contributed by atoms with Crippen molar-refractivity contribution >= 4 is 0 Å². The van der Waals surface area contributed by atoms with Crippen LogP contribution in [0.5, 0.6) is 0 Å². The lowest BCUT2D eigenvalue weighted by Gasteiger charge is -1.87. The fourth-order valence-electron chi connectivity index (χ4n) is 0.730. The topological polar surface area (TPSA) is 59.0 Å². The number of methoxy groups -OCH3 is 1. The van der Waals surface area contributed by atoms with Crippen LogP contribution < -0.4 is 0 Å². The fraction of sp³-hybridized carbons (Fsp3) is 0.429. The van der Waals surface area contributed by atoms with Crippen LogP contribution in [0.3, 0.4) is 0 Å². The van der Waals surface area contributed by atoms with Crippen molar-refractivity contribution in [1.29, 1.82) is 5.26 Å². The molecule has 1 aromatic rings. The molecule has 0 N–H and O–H groups in total. The van der Waals surface area contributed by atoms with Gasteiger partial charge in [-0.25, -0.2) is 0 Å². The molecule has 0 amide bonds. The molecule has 0 aliphatic rings. The first-order chi connectivity index (χ1) is 5.36. The van der Waals surface area contributed by atoms with E-state index in [0.29, 0.717) is 18.1 Å². The zero-order valence-electron chi connectivity index (χ0n) is 6.20. The average molecular weight is 152 g/mol. The molecule has 0 aliphatic carbocycles. The number of hydrogen-bond acceptors (Lipinski definition) is 4. The summed E-state index contributed by atoms with van der Waals surface area (Å²) in [6.45, 7) is 0.401.